The largest absolute Gasteiger partial charge is 0.444 e. The fraction of sp³-hybridized carbons (Fsp3) is 0.609. The molecule has 8 nitrogen and oxygen atoms in total. The number of carbonyl (C=O) groups is 2. The fourth-order valence-electron chi connectivity index (χ4n) is 3.82. The molecule has 1 aromatic rings. The summed E-state index contributed by atoms with van der Waals surface area (Å²) < 4.78 is 17.5. The van der Waals surface area contributed by atoms with Crippen molar-refractivity contribution in [3.63, 3.8) is 0 Å². The van der Waals surface area contributed by atoms with Gasteiger partial charge >= 0.3 is 12.1 Å². The predicted molar refractivity (Wildman–Crippen MR) is 130 cm³/mol. The van der Waals surface area contributed by atoms with Gasteiger partial charge in [0.15, 0.2) is 0 Å². The smallest absolute Gasteiger partial charge is 0.410 e. The number of urea groups is 1. The first-order chi connectivity index (χ1) is 14.9. The predicted octanol–water partition coefficient (Wildman–Crippen LogP) is 2.69. The maximum Gasteiger partial charge on any atom is 0.410 e. The summed E-state index contributed by atoms with van der Waals surface area (Å²) in [5.74, 6) is 4.65. The number of benzene rings is 1. The van der Waals surface area contributed by atoms with Gasteiger partial charge in [0.2, 0.25) is 0 Å². The SMILES string of the molecule is C=S1(=O)CCN(C(=O)Nc2ccc(CN3CCN(C(=O)OC(C)(C)C)C[C@@H]3C)cc2)CC1. The number of rotatable bonds is 3. The first-order valence-corrected chi connectivity index (χ1v) is 13.2. The number of piperazine rings is 1. The molecule has 2 heterocycles. The third-order valence-electron chi connectivity index (χ3n) is 5.76. The second-order valence-corrected chi connectivity index (χ2v) is 12.5. The summed E-state index contributed by atoms with van der Waals surface area (Å²) in [7, 11) is -2.02. The van der Waals surface area contributed by atoms with Crippen LogP contribution in [-0.4, -0.2) is 92.8 Å². The number of carbonyl (C=O) groups excluding carboxylic acids is 2. The number of anilines is 1. The molecule has 0 bridgehead atoms. The number of nitrogens with zero attached hydrogens (tertiary/aromatic N) is 3. The first kappa shape index (κ1) is 24.4. The van der Waals surface area contributed by atoms with Crippen LogP contribution in [0.25, 0.3) is 0 Å². The summed E-state index contributed by atoms with van der Waals surface area (Å²) in [6.07, 6.45) is -0.254. The van der Waals surface area contributed by atoms with Crippen LogP contribution in [0.4, 0.5) is 15.3 Å². The monoisotopic (exact) mass is 464 g/mol. The Bertz CT molecular complexity index is 910. The lowest BCUT2D eigenvalue weighted by atomic mass is 10.1. The van der Waals surface area contributed by atoms with Crippen LogP contribution < -0.4 is 5.32 Å². The zero-order valence-corrected chi connectivity index (χ0v) is 20.5. The zero-order chi connectivity index (χ0) is 23.5. The Labute approximate surface area is 191 Å². The quantitative estimate of drug-likeness (QED) is 0.696. The molecule has 2 aliphatic heterocycles. The van der Waals surface area contributed by atoms with Gasteiger partial charge in [0.1, 0.15) is 5.60 Å². The van der Waals surface area contributed by atoms with E-state index < -0.39 is 15.1 Å². The minimum absolute atomic E-state index is 0.167. The standard InChI is InChI=1S/C23H36N4O4S/c1-18-16-27(22(29)31-23(2,3)4)11-10-26(18)17-19-6-8-20(9-7-19)24-21(28)25-12-14-32(5,30)15-13-25/h6-9,18H,5,10-17H2,1-4H3,(H,24,28)/t18-/m0/s1. The van der Waals surface area contributed by atoms with E-state index in [1.54, 1.807) is 9.80 Å². The molecular formula is C23H36N4O4S. The Morgan fingerprint density at radius 2 is 1.72 bits per heavy atom. The zero-order valence-electron chi connectivity index (χ0n) is 19.6. The molecule has 1 aromatic carbocycles. The van der Waals surface area contributed by atoms with Crippen molar-refractivity contribution >= 4 is 33.2 Å². The second kappa shape index (κ2) is 9.70. The van der Waals surface area contributed by atoms with Gasteiger partial charge in [0, 0.05) is 62.5 Å². The molecule has 0 spiro atoms. The lowest BCUT2D eigenvalue weighted by Gasteiger charge is -2.40. The highest BCUT2D eigenvalue weighted by atomic mass is 32.2. The molecule has 3 rings (SSSR count). The molecule has 3 amide bonds. The third kappa shape index (κ3) is 6.87. The van der Waals surface area contributed by atoms with E-state index in [-0.39, 0.29) is 18.2 Å². The Kier molecular flexibility index (Phi) is 7.39. The van der Waals surface area contributed by atoms with E-state index in [2.05, 4.69) is 23.0 Å². The first-order valence-electron chi connectivity index (χ1n) is 11.1. The Morgan fingerprint density at radius 3 is 2.28 bits per heavy atom. The van der Waals surface area contributed by atoms with Gasteiger partial charge in [-0.3, -0.25) is 9.11 Å². The molecule has 0 radical (unpaired) electrons. The summed E-state index contributed by atoms with van der Waals surface area (Å²) in [6, 6.07) is 7.90. The highest BCUT2D eigenvalue weighted by Gasteiger charge is 2.29. The Balaban J connectivity index is 1.48. The van der Waals surface area contributed by atoms with Gasteiger partial charge in [-0.05, 0) is 60.8 Å². The van der Waals surface area contributed by atoms with Crippen molar-refractivity contribution in [2.24, 2.45) is 0 Å². The van der Waals surface area contributed by atoms with Crippen molar-refractivity contribution in [3.05, 3.63) is 29.8 Å². The normalized spacial score (nSPS) is 21.8. The number of hydrogen-bond acceptors (Lipinski definition) is 5. The number of amides is 3. The average molecular weight is 465 g/mol. The topological polar surface area (TPSA) is 82.2 Å². The molecule has 0 aromatic heterocycles. The van der Waals surface area contributed by atoms with Crippen molar-refractivity contribution in [1.82, 2.24) is 14.7 Å². The maximum absolute atomic E-state index is 12.4. The van der Waals surface area contributed by atoms with E-state index in [0.29, 0.717) is 37.7 Å². The minimum Gasteiger partial charge on any atom is -0.444 e. The van der Waals surface area contributed by atoms with Gasteiger partial charge < -0.3 is 19.9 Å². The van der Waals surface area contributed by atoms with Crippen molar-refractivity contribution in [2.45, 2.75) is 45.9 Å². The van der Waals surface area contributed by atoms with Crippen molar-refractivity contribution in [2.75, 3.05) is 49.5 Å². The number of nitrogens with one attached hydrogen (secondary N) is 1. The van der Waals surface area contributed by atoms with E-state index in [1.807, 2.05) is 45.0 Å². The van der Waals surface area contributed by atoms with Crippen LogP contribution in [0.5, 0.6) is 0 Å². The maximum atomic E-state index is 12.4. The molecule has 9 heteroatoms. The van der Waals surface area contributed by atoms with E-state index in [4.69, 9.17) is 4.74 Å². The molecular weight excluding hydrogens is 428 g/mol. The second-order valence-electron chi connectivity index (χ2n) is 9.73. The fourth-order valence-corrected chi connectivity index (χ4v) is 5.13. The van der Waals surface area contributed by atoms with Gasteiger partial charge in [-0.2, -0.15) is 0 Å². The molecule has 178 valence electrons. The molecule has 1 atom stereocenters. The summed E-state index contributed by atoms with van der Waals surface area (Å²) in [6.45, 7) is 11.5. The van der Waals surface area contributed by atoms with Gasteiger partial charge in [0.25, 0.3) is 0 Å². The van der Waals surface area contributed by atoms with Gasteiger partial charge in [-0.1, -0.05) is 12.1 Å². The van der Waals surface area contributed by atoms with Crippen LogP contribution in [0.15, 0.2) is 24.3 Å². The van der Waals surface area contributed by atoms with Crippen molar-refractivity contribution < 1.29 is 18.5 Å². The number of hydrogen-bond donors (Lipinski definition) is 1. The van der Waals surface area contributed by atoms with Gasteiger partial charge in [-0.25, -0.2) is 9.59 Å². The summed E-state index contributed by atoms with van der Waals surface area (Å²) in [5, 5.41) is 2.92. The average Bonchev–Trinajstić information content (AvgIpc) is 2.69. The highest BCUT2D eigenvalue weighted by Crippen LogP contribution is 2.18. The van der Waals surface area contributed by atoms with Crippen LogP contribution in [0.1, 0.15) is 33.3 Å². The van der Waals surface area contributed by atoms with Crippen molar-refractivity contribution in [1.29, 1.82) is 0 Å². The lowest BCUT2D eigenvalue weighted by Crippen LogP contribution is -2.54. The summed E-state index contributed by atoms with van der Waals surface area (Å²) in [5.41, 5.74) is 1.40. The summed E-state index contributed by atoms with van der Waals surface area (Å²) >= 11 is 0. The van der Waals surface area contributed by atoms with Crippen LogP contribution in [0, 0.1) is 0 Å². The van der Waals surface area contributed by atoms with Crippen LogP contribution in [0.2, 0.25) is 0 Å². The summed E-state index contributed by atoms with van der Waals surface area (Å²) in [4.78, 5) is 30.6. The molecule has 0 unspecified atom stereocenters. The van der Waals surface area contributed by atoms with Crippen LogP contribution >= 0.6 is 0 Å². The molecule has 0 saturated carbocycles. The molecule has 32 heavy (non-hydrogen) atoms. The van der Waals surface area contributed by atoms with E-state index in [9.17, 15) is 13.8 Å². The van der Waals surface area contributed by atoms with Crippen molar-refractivity contribution in [3.8, 4) is 0 Å². The lowest BCUT2D eigenvalue weighted by molar-refractivity contribution is 0.00461. The Morgan fingerprint density at radius 1 is 1.09 bits per heavy atom. The molecule has 2 fully saturated rings. The molecule has 1 N–H and O–H groups in total. The molecule has 2 saturated heterocycles. The third-order valence-corrected chi connectivity index (χ3v) is 7.61. The van der Waals surface area contributed by atoms with E-state index in [1.165, 1.54) is 0 Å². The highest BCUT2D eigenvalue weighted by molar-refractivity contribution is 8.00. The van der Waals surface area contributed by atoms with Gasteiger partial charge in [-0.15, -0.1) is 0 Å². The van der Waals surface area contributed by atoms with E-state index in [0.717, 1.165) is 24.3 Å². The number of ether oxygens (including phenoxy) is 1. The van der Waals surface area contributed by atoms with E-state index >= 15 is 0 Å². The minimum atomic E-state index is -2.02. The van der Waals surface area contributed by atoms with Crippen LogP contribution in [0.3, 0.4) is 0 Å². The van der Waals surface area contributed by atoms with Gasteiger partial charge in [0.05, 0.1) is 0 Å². The molecule has 0 aliphatic carbocycles. The molecule has 2 aliphatic rings. The van der Waals surface area contributed by atoms with Crippen LogP contribution in [-0.2, 0) is 20.8 Å². The Hall–Kier alpha value is -2.26.